The molecule has 122 valence electrons. The van der Waals surface area contributed by atoms with Crippen LogP contribution in [-0.2, 0) is 0 Å². The summed E-state index contributed by atoms with van der Waals surface area (Å²) in [6.07, 6.45) is 0.846. The lowest BCUT2D eigenvalue weighted by atomic mass is 10.1. The van der Waals surface area contributed by atoms with Gasteiger partial charge in [0, 0.05) is 32.2 Å². The van der Waals surface area contributed by atoms with Gasteiger partial charge in [-0.05, 0) is 38.2 Å². The topological polar surface area (TPSA) is 55.8 Å². The number of aliphatic hydroxyl groups is 1. The van der Waals surface area contributed by atoms with E-state index in [1.54, 1.807) is 17.0 Å². The van der Waals surface area contributed by atoms with Crippen molar-refractivity contribution < 1.29 is 14.3 Å². The predicted molar refractivity (Wildman–Crippen MR) is 83.0 cm³/mol. The molecule has 0 bridgehead atoms. The quantitative estimate of drug-likeness (QED) is 0.865. The van der Waals surface area contributed by atoms with Gasteiger partial charge in [0.1, 0.15) is 5.82 Å². The van der Waals surface area contributed by atoms with Crippen LogP contribution in [0.4, 0.5) is 9.18 Å². The van der Waals surface area contributed by atoms with Crippen LogP contribution in [0.3, 0.4) is 0 Å². The van der Waals surface area contributed by atoms with Crippen molar-refractivity contribution in [1.82, 2.24) is 15.1 Å². The minimum Gasteiger partial charge on any atom is -0.396 e. The van der Waals surface area contributed by atoms with E-state index in [9.17, 15) is 9.18 Å². The molecule has 1 aromatic rings. The van der Waals surface area contributed by atoms with Gasteiger partial charge in [-0.2, -0.15) is 0 Å². The third-order valence-corrected chi connectivity index (χ3v) is 4.16. The molecular weight excluding hydrogens is 285 g/mol. The summed E-state index contributed by atoms with van der Waals surface area (Å²) in [7, 11) is 3.86. The van der Waals surface area contributed by atoms with E-state index in [1.807, 2.05) is 19.0 Å². The molecule has 0 radical (unpaired) electrons. The van der Waals surface area contributed by atoms with Crippen molar-refractivity contribution in [2.75, 3.05) is 40.3 Å². The normalized spacial score (nSPS) is 19.5. The number of nitrogens with zero attached hydrogens (tertiary/aromatic N) is 2. The van der Waals surface area contributed by atoms with E-state index >= 15 is 0 Å². The van der Waals surface area contributed by atoms with Crippen LogP contribution in [0.5, 0.6) is 0 Å². The second-order valence-corrected chi connectivity index (χ2v) is 6.00. The first-order valence-electron chi connectivity index (χ1n) is 7.56. The molecule has 1 fully saturated rings. The summed E-state index contributed by atoms with van der Waals surface area (Å²) in [5.74, 6) is -0.0788. The molecule has 2 atom stereocenters. The highest BCUT2D eigenvalue weighted by molar-refractivity contribution is 5.74. The molecule has 2 amide bonds. The highest BCUT2D eigenvalue weighted by atomic mass is 19.1. The van der Waals surface area contributed by atoms with Gasteiger partial charge in [0.2, 0.25) is 0 Å². The van der Waals surface area contributed by atoms with Crippen molar-refractivity contribution in [2.45, 2.75) is 12.5 Å². The zero-order valence-electron chi connectivity index (χ0n) is 13.1. The van der Waals surface area contributed by atoms with Crippen LogP contribution in [0.25, 0.3) is 0 Å². The van der Waals surface area contributed by atoms with Gasteiger partial charge in [-0.1, -0.05) is 12.1 Å². The molecule has 1 aromatic carbocycles. The number of rotatable bonds is 5. The Balaban J connectivity index is 1.92. The van der Waals surface area contributed by atoms with Crippen LogP contribution in [0.2, 0.25) is 0 Å². The Morgan fingerprint density at radius 3 is 2.68 bits per heavy atom. The Morgan fingerprint density at radius 1 is 1.45 bits per heavy atom. The number of hydrogen-bond donors (Lipinski definition) is 2. The van der Waals surface area contributed by atoms with Crippen LogP contribution in [0.1, 0.15) is 18.0 Å². The number of carbonyl (C=O) groups is 1. The number of benzene rings is 1. The molecule has 0 aliphatic carbocycles. The molecule has 1 heterocycles. The molecule has 2 rings (SSSR count). The molecule has 1 aliphatic heterocycles. The van der Waals surface area contributed by atoms with Crippen molar-refractivity contribution in [3.8, 4) is 0 Å². The summed E-state index contributed by atoms with van der Waals surface area (Å²) in [6, 6.07) is 6.22. The van der Waals surface area contributed by atoms with E-state index in [2.05, 4.69) is 5.32 Å². The largest absolute Gasteiger partial charge is 0.396 e. The molecule has 0 aromatic heterocycles. The van der Waals surface area contributed by atoms with E-state index in [0.29, 0.717) is 19.6 Å². The van der Waals surface area contributed by atoms with Gasteiger partial charge in [-0.25, -0.2) is 9.18 Å². The Hall–Kier alpha value is -1.66. The van der Waals surface area contributed by atoms with Crippen LogP contribution in [-0.4, -0.2) is 61.3 Å². The van der Waals surface area contributed by atoms with Crippen LogP contribution in [0.15, 0.2) is 24.3 Å². The minimum atomic E-state index is -0.266. The van der Waals surface area contributed by atoms with Crippen molar-refractivity contribution in [1.29, 1.82) is 0 Å². The number of halogens is 1. The van der Waals surface area contributed by atoms with E-state index in [4.69, 9.17) is 5.11 Å². The molecule has 2 N–H and O–H groups in total. The summed E-state index contributed by atoms with van der Waals surface area (Å²) >= 11 is 0. The maximum atomic E-state index is 13.0. The predicted octanol–water partition coefficient (Wildman–Crippen LogP) is 1.45. The molecule has 22 heavy (non-hydrogen) atoms. The number of amides is 2. The number of urea groups is 1. The SMILES string of the molecule is CN(C)C(CNC(=O)N1CCC(CO)C1)c1ccc(F)cc1. The Kier molecular flexibility index (Phi) is 5.74. The van der Waals surface area contributed by atoms with E-state index in [-0.39, 0.29) is 30.4 Å². The lowest BCUT2D eigenvalue weighted by molar-refractivity contribution is 0.193. The van der Waals surface area contributed by atoms with E-state index in [0.717, 1.165) is 12.0 Å². The van der Waals surface area contributed by atoms with Gasteiger partial charge in [0.25, 0.3) is 0 Å². The first kappa shape index (κ1) is 16.7. The monoisotopic (exact) mass is 309 g/mol. The van der Waals surface area contributed by atoms with Gasteiger partial charge < -0.3 is 20.2 Å². The average Bonchev–Trinajstić information content (AvgIpc) is 2.98. The van der Waals surface area contributed by atoms with Gasteiger partial charge >= 0.3 is 6.03 Å². The summed E-state index contributed by atoms with van der Waals surface area (Å²) in [5, 5.41) is 12.1. The maximum Gasteiger partial charge on any atom is 0.317 e. The number of aliphatic hydroxyl groups excluding tert-OH is 1. The fourth-order valence-corrected chi connectivity index (χ4v) is 2.75. The number of nitrogens with one attached hydrogen (secondary N) is 1. The Morgan fingerprint density at radius 2 is 2.14 bits per heavy atom. The fraction of sp³-hybridized carbons (Fsp3) is 0.562. The second kappa shape index (κ2) is 7.56. The number of hydrogen-bond acceptors (Lipinski definition) is 3. The van der Waals surface area contributed by atoms with Gasteiger partial charge in [-0.3, -0.25) is 0 Å². The fourth-order valence-electron chi connectivity index (χ4n) is 2.75. The average molecular weight is 309 g/mol. The molecule has 1 aliphatic rings. The molecule has 1 saturated heterocycles. The Bertz CT molecular complexity index is 493. The smallest absolute Gasteiger partial charge is 0.317 e. The van der Waals surface area contributed by atoms with Crippen molar-refractivity contribution in [2.24, 2.45) is 5.92 Å². The zero-order valence-corrected chi connectivity index (χ0v) is 13.1. The van der Waals surface area contributed by atoms with Crippen molar-refractivity contribution in [3.05, 3.63) is 35.6 Å². The summed E-state index contributed by atoms with van der Waals surface area (Å²) in [4.78, 5) is 15.9. The molecule has 5 nitrogen and oxygen atoms in total. The molecule has 6 heteroatoms. The van der Waals surface area contributed by atoms with Crippen molar-refractivity contribution in [3.63, 3.8) is 0 Å². The van der Waals surface area contributed by atoms with Crippen molar-refractivity contribution >= 4 is 6.03 Å². The van der Waals surface area contributed by atoms with Crippen LogP contribution < -0.4 is 5.32 Å². The number of carbonyl (C=O) groups excluding carboxylic acids is 1. The number of likely N-dealkylation sites (tertiary alicyclic amines) is 1. The minimum absolute atomic E-state index is 0.0132. The summed E-state index contributed by atoms with van der Waals surface area (Å²) in [6.45, 7) is 1.86. The van der Waals surface area contributed by atoms with Crippen LogP contribution >= 0.6 is 0 Å². The highest BCUT2D eigenvalue weighted by Crippen LogP contribution is 2.19. The molecule has 0 spiro atoms. The molecular formula is C16H24FN3O2. The first-order chi connectivity index (χ1) is 10.5. The summed E-state index contributed by atoms with van der Waals surface area (Å²) in [5.41, 5.74) is 0.960. The van der Waals surface area contributed by atoms with E-state index in [1.165, 1.54) is 12.1 Å². The lowest BCUT2D eigenvalue weighted by Crippen LogP contribution is -2.42. The van der Waals surface area contributed by atoms with Crippen LogP contribution in [0, 0.1) is 11.7 Å². The van der Waals surface area contributed by atoms with Gasteiger partial charge in [-0.15, -0.1) is 0 Å². The molecule has 0 saturated carbocycles. The van der Waals surface area contributed by atoms with E-state index < -0.39 is 0 Å². The third kappa shape index (κ3) is 4.18. The third-order valence-electron chi connectivity index (χ3n) is 4.16. The second-order valence-electron chi connectivity index (χ2n) is 6.00. The number of likely N-dealkylation sites (N-methyl/N-ethyl adjacent to an activating group) is 1. The first-order valence-corrected chi connectivity index (χ1v) is 7.56. The standard InChI is InChI=1S/C16H24FN3O2/c1-19(2)15(13-3-5-14(17)6-4-13)9-18-16(22)20-8-7-12(10-20)11-21/h3-6,12,15,21H,7-11H2,1-2H3,(H,18,22). The van der Waals surface area contributed by atoms with Gasteiger partial charge in [0.15, 0.2) is 0 Å². The maximum absolute atomic E-state index is 13.0. The highest BCUT2D eigenvalue weighted by Gasteiger charge is 2.26. The Labute approximate surface area is 130 Å². The molecule has 2 unspecified atom stereocenters. The van der Waals surface area contributed by atoms with Gasteiger partial charge in [0.05, 0.1) is 6.04 Å². The summed E-state index contributed by atoms with van der Waals surface area (Å²) < 4.78 is 13.0. The zero-order chi connectivity index (χ0) is 16.1. The lowest BCUT2D eigenvalue weighted by Gasteiger charge is -2.26.